The zero-order chi connectivity index (χ0) is 17.0. The lowest BCUT2D eigenvalue weighted by atomic mass is 9.69. The number of hydrogen-bond donors (Lipinski definition) is 1. The van der Waals surface area contributed by atoms with Crippen molar-refractivity contribution in [3.05, 3.63) is 35.4 Å². The van der Waals surface area contributed by atoms with Gasteiger partial charge in [0.25, 0.3) is 0 Å². The highest BCUT2D eigenvalue weighted by atomic mass is 16.5. The molecule has 1 unspecified atom stereocenters. The topological polar surface area (TPSA) is 65.4 Å². The van der Waals surface area contributed by atoms with Gasteiger partial charge in [0.1, 0.15) is 5.41 Å². The van der Waals surface area contributed by atoms with Crippen molar-refractivity contribution in [3.63, 3.8) is 0 Å². The standard InChI is InChI=1S/C19H25N3O2/c1-15-4-2-5-16(12-15)17(22-8-10-24-11-9-22)13-21-18(23)19(14-20)6-3-7-19/h2,4-5,12,17H,3,6-11,13H2,1H3,(H,21,23). The van der Waals surface area contributed by atoms with Crippen LogP contribution in [-0.2, 0) is 9.53 Å². The van der Waals surface area contributed by atoms with E-state index >= 15 is 0 Å². The molecule has 1 aromatic rings. The number of benzene rings is 1. The van der Waals surface area contributed by atoms with Gasteiger partial charge in [0, 0.05) is 19.6 Å². The van der Waals surface area contributed by atoms with Gasteiger partial charge in [-0.15, -0.1) is 0 Å². The number of nitriles is 1. The zero-order valence-corrected chi connectivity index (χ0v) is 14.3. The molecule has 1 aliphatic heterocycles. The quantitative estimate of drug-likeness (QED) is 0.900. The summed E-state index contributed by atoms with van der Waals surface area (Å²) in [6, 6.07) is 10.8. The van der Waals surface area contributed by atoms with E-state index in [0.717, 1.165) is 32.7 Å². The highest BCUT2D eigenvalue weighted by Crippen LogP contribution is 2.40. The van der Waals surface area contributed by atoms with Gasteiger partial charge in [0.2, 0.25) is 5.91 Å². The van der Waals surface area contributed by atoms with Crippen LogP contribution >= 0.6 is 0 Å². The van der Waals surface area contributed by atoms with Gasteiger partial charge in [-0.25, -0.2) is 0 Å². The van der Waals surface area contributed by atoms with Crippen LogP contribution in [0.5, 0.6) is 0 Å². The molecule has 1 aromatic carbocycles. The third kappa shape index (κ3) is 3.45. The Hall–Kier alpha value is -1.90. The summed E-state index contributed by atoms with van der Waals surface area (Å²) in [5.74, 6) is -0.109. The first-order valence-electron chi connectivity index (χ1n) is 8.72. The van der Waals surface area contributed by atoms with Crippen LogP contribution in [0.15, 0.2) is 24.3 Å². The van der Waals surface area contributed by atoms with Gasteiger partial charge in [-0.1, -0.05) is 29.8 Å². The minimum Gasteiger partial charge on any atom is -0.379 e. The molecule has 5 nitrogen and oxygen atoms in total. The maximum absolute atomic E-state index is 12.5. The number of morpholine rings is 1. The number of hydrogen-bond acceptors (Lipinski definition) is 4. The third-order valence-electron chi connectivity index (χ3n) is 5.23. The summed E-state index contributed by atoms with van der Waals surface area (Å²) in [6.45, 7) is 5.77. The summed E-state index contributed by atoms with van der Waals surface area (Å²) in [4.78, 5) is 14.8. The Labute approximate surface area is 143 Å². The number of carbonyl (C=O) groups is 1. The van der Waals surface area contributed by atoms with Crippen LogP contribution in [0.25, 0.3) is 0 Å². The molecule has 2 aliphatic rings. The highest BCUT2D eigenvalue weighted by Gasteiger charge is 2.44. The van der Waals surface area contributed by atoms with Crippen molar-refractivity contribution in [2.24, 2.45) is 5.41 Å². The zero-order valence-electron chi connectivity index (χ0n) is 14.3. The molecule has 2 fully saturated rings. The summed E-state index contributed by atoms with van der Waals surface area (Å²) in [5.41, 5.74) is 1.63. The van der Waals surface area contributed by atoms with E-state index in [-0.39, 0.29) is 11.9 Å². The Morgan fingerprint density at radius 3 is 2.75 bits per heavy atom. The molecule has 1 amide bonds. The molecule has 0 radical (unpaired) electrons. The molecule has 1 atom stereocenters. The second-order valence-electron chi connectivity index (χ2n) is 6.84. The van der Waals surface area contributed by atoms with Crippen LogP contribution in [0.1, 0.15) is 36.4 Å². The first-order chi connectivity index (χ1) is 11.6. The molecule has 128 valence electrons. The monoisotopic (exact) mass is 327 g/mol. The van der Waals surface area contributed by atoms with E-state index in [4.69, 9.17) is 4.74 Å². The number of rotatable bonds is 5. The van der Waals surface area contributed by atoms with Gasteiger partial charge in [0.15, 0.2) is 0 Å². The molecular formula is C19H25N3O2. The van der Waals surface area contributed by atoms with E-state index in [1.807, 2.05) is 0 Å². The summed E-state index contributed by atoms with van der Waals surface area (Å²) in [5, 5.41) is 12.4. The fourth-order valence-corrected chi connectivity index (χ4v) is 3.50. The number of carbonyl (C=O) groups excluding carboxylic acids is 1. The molecule has 1 heterocycles. The lowest BCUT2D eigenvalue weighted by Crippen LogP contribution is -2.49. The molecule has 1 saturated carbocycles. The van der Waals surface area contributed by atoms with E-state index < -0.39 is 5.41 Å². The Morgan fingerprint density at radius 1 is 1.42 bits per heavy atom. The fraction of sp³-hybridized carbons (Fsp3) is 0.579. The first-order valence-corrected chi connectivity index (χ1v) is 8.72. The van der Waals surface area contributed by atoms with Crippen LogP contribution in [0.2, 0.25) is 0 Å². The smallest absolute Gasteiger partial charge is 0.240 e. The molecule has 3 rings (SSSR count). The van der Waals surface area contributed by atoms with E-state index in [0.29, 0.717) is 19.4 Å². The SMILES string of the molecule is Cc1cccc(C(CNC(=O)C2(C#N)CCC2)N2CCOCC2)c1. The minimum absolute atomic E-state index is 0.109. The molecular weight excluding hydrogens is 302 g/mol. The van der Waals surface area contributed by atoms with Gasteiger partial charge in [-0.05, 0) is 31.7 Å². The second-order valence-corrected chi connectivity index (χ2v) is 6.84. The summed E-state index contributed by atoms with van der Waals surface area (Å²) < 4.78 is 5.46. The molecule has 0 bridgehead atoms. The number of aryl methyl sites for hydroxylation is 1. The predicted octanol–water partition coefficient (Wildman–Crippen LogP) is 2.18. The Bertz CT molecular complexity index is 628. The average Bonchev–Trinajstić information content (AvgIpc) is 2.56. The average molecular weight is 327 g/mol. The van der Waals surface area contributed by atoms with Crippen LogP contribution in [0, 0.1) is 23.7 Å². The van der Waals surface area contributed by atoms with E-state index in [9.17, 15) is 10.1 Å². The Morgan fingerprint density at radius 2 is 2.17 bits per heavy atom. The van der Waals surface area contributed by atoms with Gasteiger partial charge < -0.3 is 10.1 Å². The minimum atomic E-state index is -0.790. The highest BCUT2D eigenvalue weighted by molar-refractivity contribution is 5.86. The number of ether oxygens (including phenoxy) is 1. The Balaban J connectivity index is 1.72. The summed E-state index contributed by atoms with van der Waals surface area (Å²) in [7, 11) is 0. The van der Waals surface area contributed by atoms with Crippen molar-refractivity contribution < 1.29 is 9.53 Å². The van der Waals surface area contributed by atoms with E-state index in [2.05, 4.69) is 47.5 Å². The molecule has 24 heavy (non-hydrogen) atoms. The second kappa shape index (κ2) is 7.33. The molecule has 0 spiro atoms. The van der Waals surface area contributed by atoms with Crippen molar-refractivity contribution in [2.45, 2.75) is 32.2 Å². The fourth-order valence-electron chi connectivity index (χ4n) is 3.50. The lowest BCUT2D eigenvalue weighted by Gasteiger charge is -2.37. The van der Waals surface area contributed by atoms with E-state index in [1.165, 1.54) is 11.1 Å². The van der Waals surface area contributed by atoms with Crippen LogP contribution in [0.4, 0.5) is 0 Å². The first kappa shape index (κ1) is 16.9. The normalized spacial score (nSPS) is 21.3. The summed E-state index contributed by atoms with van der Waals surface area (Å²) in [6.07, 6.45) is 2.33. The van der Waals surface area contributed by atoms with Crippen LogP contribution in [-0.4, -0.2) is 43.7 Å². The van der Waals surface area contributed by atoms with Crippen molar-refractivity contribution in [3.8, 4) is 6.07 Å². The Kier molecular flexibility index (Phi) is 5.17. The third-order valence-corrected chi connectivity index (χ3v) is 5.23. The molecule has 1 saturated heterocycles. The van der Waals surface area contributed by atoms with E-state index in [1.54, 1.807) is 0 Å². The molecule has 0 aromatic heterocycles. The summed E-state index contributed by atoms with van der Waals surface area (Å²) >= 11 is 0. The maximum atomic E-state index is 12.5. The number of amides is 1. The maximum Gasteiger partial charge on any atom is 0.240 e. The van der Waals surface area contributed by atoms with Crippen molar-refractivity contribution in [1.82, 2.24) is 10.2 Å². The van der Waals surface area contributed by atoms with Gasteiger partial charge in [-0.2, -0.15) is 5.26 Å². The van der Waals surface area contributed by atoms with Gasteiger partial charge in [0.05, 0.1) is 25.3 Å². The van der Waals surface area contributed by atoms with Crippen molar-refractivity contribution in [1.29, 1.82) is 5.26 Å². The number of nitrogens with one attached hydrogen (secondary N) is 1. The molecule has 1 aliphatic carbocycles. The molecule has 5 heteroatoms. The lowest BCUT2D eigenvalue weighted by molar-refractivity contribution is -0.132. The van der Waals surface area contributed by atoms with Gasteiger partial charge in [-0.3, -0.25) is 9.69 Å². The largest absolute Gasteiger partial charge is 0.379 e. The van der Waals surface area contributed by atoms with Gasteiger partial charge >= 0.3 is 0 Å². The number of nitrogens with zero attached hydrogens (tertiary/aromatic N) is 2. The molecule has 1 N–H and O–H groups in total. The van der Waals surface area contributed by atoms with Crippen molar-refractivity contribution >= 4 is 5.91 Å². The van der Waals surface area contributed by atoms with Crippen molar-refractivity contribution in [2.75, 3.05) is 32.8 Å². The van der Waals surface area contributed by atoms with Crippen LogP contribution < -0.4 is 5.32 Å². The predicted molar refractivity (Wildman–Crippen MR) is 91.2 cm³/mol. The van der Waals surface area contributed by atoms with Crippen LogP contribution in [0.3, 0.4) is 0 Å².